The highest BCUT2D eigenvalue weighted by atomic mass is 16.5. The molecule has 1 heterocycles. The van der Waals surface area contributed by atoms with Crippen LogP contribution in [0.1, 0.15) is 77.6 Å². The van der Waals surface area contributed by atoms with Gasteiger partial charge in [-0.05, 0) is 18.9 Å². The number of aliphatic hydroxyl groups is 4. The Hall–Kier alpha value is -0.790. The minimum Gasteiger partial charge on any atom is -0.394 e. The van der Waals surface area contributed by atoms with Crippen molar-refractivity contribution in [1.82, 2.24) is 0 Å². The van der Waals surface area contributed by atoms with Crippen LogP contribution in [-0.4, -0.2) is 63.3 Å². The van der Waals surface area contributed by atoms with Crippen molar-refractivity contribution in [2.45, 2.75) is 108 Å². The number of rotatable bonds is 14. The van der Waals surface area contributed by atoms with Gasteiger partial charge in [-0.15, -0.1) is 0 Å². The van der Waals surface area contributed by atoms with Crippen LogP contribution in [0.2, 0.25) is 0 Å². The van der Waals surface area contributed by atoms with Gasteiger partial charge in [-0.2, -0.15) is 0 Å². The van der Waals surface area contributed by atoms with Crippen LogP contribution in [0.25, 0.3) is 0 Å². The van der Waals surface area contributed by atoms with Gasteiger partial charge in [0.05, 0.1) is 12.7 Å². The molecule has 5 atom stereocenters. The van der Waals surface area contributed by atoms with Crippen LogP contribution in [0, 0.1) is 0 Å². The van der Waals surface area contributed by atoms with Crippen molar-refractivity contribution in [3.63, 3.8) is 0 Å². The maximum atomic E-state index is 12.0. The summed E-state index contributed by atoms with van der Waals surface area (Å²) in [5, 5.41) is 38.6. The highest BCUT2D eigenvalue weighted by Gasteiger charge is 2.43. The van der Waals surface area contributed by atoms with E-state index < -0.39 is 37.1 Å². The molecule has 1 aliphatic rings. The van der Waals surface area contributed by atoms with Crippen LogP contribution in [0.3, 0.4) is 0 Å². The number of aliphatic hydroxyl groups excluding tert-OH is 4. The molecule has 1 rings (SSSR count). The summed E-state index contributed by atoms with van der Waals surface area (Å²) in [6.07, 6.45) is 9.37. The lowest BCUT2D eigenvalue weighted by Gasteiger charge is -2.39. The average molecular weight is 387 g/mol. The molecule has 5 unspecified atom stereocenters. The van der Waals surface area contributed by atoms with Crippen molar-refractivity contribution in [3.05, 3.63) is 12.2 Å². The zero-order chi connectivity index (χ0) is 20.1. The Morgan fingerprint density at radius 2 is 1.41 bits per heavy atom. The van der Waals surface area contributed by atoms with E-state index >= 15 is 0 Å². The Morgan fingerprint density at radius 3 is 2.00 bits per heavy atom. The molecule has 6 nitrogen and oxygen atoms in total. The maximum absolute atomic E-state index is 12.0. The van der Waals surface area contributed by atoms with E-state index in [0.717, 1.165) is 12.8 Å². The van der Waals surface area contributed by atoms with Crippen LogP contribution in [-0.2, 0) is 9.53 Å². The first-order chi connectivity index (χ1) is 13.0. The molecule has 0 aliphatic carbocycles. The van der Waals surface area contributed by atoms with Gasteiger partial charge in [0.1, 0.15) is 24.4 Å². The number of carbonyl (C=O) groups excluding carboxylic acids is 1. The molecule has 0 saturated carbocycles. The molecule has 0 amide bonds. The first-order valence-corrected chi connectivity index (χ1v) is 10.5. The van der Waals surface area contributed by atoms with Gasteiger partial charge in [0.25, 0.3) is 0 Å². The number of allylic oxidation sites excluding steroid dienone is 2. The summed E-state index contributed by atoms with van der Waals surface area (Å²) in [7, 11) is 0. The molecule has 4 N–H and O–H groups in total. The maximum Gasteiger partial charge on any atom is 0.158 e. The van der Waals surface area contributed by atoms with Gasteiger partial charge in [0, 0.05) is 6.42 Å². The molecule has 0 spiro atoms. The van der Waals surface area contributed by atoms with Crippen molar-refractivity contribution in [3.8, 4) is 0 Å². The molecular weight excluding hydrogens is 348 g/mol. The largest absolute Gasteiger partial charge is 0.394 e. The van der Waals surface area contributed by atoms with Gasteiger partial charge in [-0.1, -0.05) is 64.4 Å². The van der Waals surface area contributed by atoms with E-state index in [-0.39, 0.29) is 12.2 Å². The Bertz CT molecular complexity index is 423. The highest BCUT2D eigenvalue weighted by Crippen LogP contribution is 2.23. The third kappa shape index (κ3) is 9.30. The lowest BCUT2D eigenvalue weighted by Crippen LogP contribution is -2.58. The Balaban J connectivity index is 2.15. The normalized spacial score (nSPS) is 28.7. The summed E-state index contributed by atoms with van der Waals surface area (Å²) in [6.45, 7) is 1.74. The topological polar surface area (TPSA) is 107 Å². The molecule has 0 radical (unpaired) electrons. The van der Waals surface area contributed by atoms with Gasteiger partial charge in [0.2, 0.25) is 0 Å². The van der Waals surface area contributed by atoms with Gasteiger partial charge >= 0.3 is 0 Å². The zero-order valence-corrected chi connectivity index (χ0v) is 16.6. The van der Waals surface area contributed by atoms with Crippen LogP contribution >= 0.6 is 0 Å². The Morgan fingerprint density at radius 1 is 0.852 bits per heavy atom. The van der Waals surface area contributed by atoms with E-state index in [0.29, 0.717) is 0 Å². The van der Waals surface area contributed by atoms with Crippen LogP contribution < -0.4 is 0 Å². The molecular formula is C21H38O6. The number of hydrogen-bond donors (Lipinski definition) is 4. The predicted octanol–water partition coefficient (Wildman–Crippen LogP) is 2.27. The fourth-order valence-corrected chi connectivity index (χ4v) is 3.40. The minimum atomic E-state index is -1.43. The molecule has 1 aliphatic heterocycles. The van der Waals surface area contributed by atoms with E-state index in [1.807, 2.05) is 6.08 Å². The quantitative estimate of drug-likeness (QED) is 0.269. The van der Waals surface area contributed by atoms with E-state index in [1.54, 1.807) is 0 Å². The SMILES string of the molecule is CCCCCCCCCCCC=CC(=O)CC1OC(CO)C(O)C(O)C1O. The predicted molar refractivity (Wildman–Crippen MR) is 104 cm³/mol. The molecule has 1 saturated heterocycles. The molecule has 0 bridgehead atoms. The number of ether oxygens (including phenoxy) is 1. The van der Waals surface area contributed by atoms with Gasteiger partial charge in [0.15, 0.2) is 5.78 Å². The van der Waals surface area contributed by atoms with Gasteiger partial charge in [-0.3, -0.25) is 4.79 Å². The number of ketones is 1. The standard InChI is InChI=1S/C21H38O6/c1-2-3-4-5-6-7-8-9-10-11-12-13-16(23)14-17-19(24)21(26)20(25)18(15-22)27-17/h12-13,17-22,24-26H,2-11,14-15H2,1H3. The summed E-state index contributed by atoms with van der Waals surface area (Å²) in [6, 6.07) is 0. The number of unbranched alkanes of at least 4 members (excludes halogenated alkanes) is 9. The summed E-state index contributed by atoms with van der Waals surface area (Å²) in [5.74, 6) is -0.199. The van der Waals surface area contributed by atoms with Crippen molar-refractivity contribution >= 4 is 5.78 Å². The second kappa shape index (κ2) is 14.2. The summed E-state index contributed by atoms with van der Waals surface area (Å²) < 4.78 is 5.34. The average Bonchev–Trinajstić information content (AvgIpc) is 2.66. The van der Waals surface area contributed by atoms with Crippen LogP contribution in [0.5, 0.6) is 0 Å². The van der Waals surface area contributed by atoms with Crippen LogP contribution in [0.15, 0.2) is 12.2 Å². The zero-order valence-electron chi connectivity index (χ0n) is 16.6. The smallest absolute Gasteiger partial charge is 0.158 e. The lowest BCUT2D eigenvalue weighted by molar-refractivity contribution is -0.229. The highest BCUT2D eigenvalue weighted by molar-refractivity contribution is 5.90. The molecule has 6 heteroatoms. The Kier molecular flexibility index (Phi) is 12.8. The molecule has 0 aromatic rings. The molecule has 27 heavy (non-hydrogen) atoms. The summed E-state index contributed by atoms with van der Waals surface area (Å²) in [5.41, 5.74) is 0. The fourth-order valence-electron chi connectivity index (χ4n) is 3.40. The lowest BCUT2D eigenvalue weighted by atomic mass is 9.92. The summed E-state index contributed by atoms with van der Waals surface area (Å²) >= 11 is 0. The van der Waals surface area contributed by atoms with Crippen LogP contribution in [0.4, 0.5) is 0 Å². The molecule has 0 aromatic heterocycles. The van der Waals surface area contributed by atoms with E-state index in [9.17, 15) is 20.1 Å². The number of carbonyl (C=O) groups is 1. The van der Waals surface area contributed by atoms with Crippen molar-refractivity contribution in [1.29, 1.82) is 0 Å². The molecule has 0 aromatic carbocycles. The van der Waals surface area contributed by atoms with E-state index in [1.165, 1.54) is 57.4 Å². The second-order valence-corrected chi connectivity index (χ2v) is 7.56. The second-order valence-electron chi connectivity index (χ2n) is 7.56. The third-order valence-electron chi connectivity index (χ3n) is 5.17. The monoisotopic (exact) mass is 386 g/mol. The fraction of sp³-hybridized carbons (Fsp3) is 0.857. The molecule has 1 fully saturated rings. The van der Waals surface area contributed by atoms with Gasteiger partial charge < -0.3 is 25.2 Å². The van der Waals surface area contributed by atoms with E-state index in [4.69, 9.17) is 9.84 Å². The minimum absolute atomic E-state index is 0.0876. The third-order valence-corrected chi connectivity index (χ3v) is 5.17. The summed E-state index contributed by atoms with van der Waals surface area (Å²) in [4.78, 5) is 12.0. The van der Waals surface area contributed by atoms with E-state index in [2.05, 4.69) is 6.92 Å². The first-order valence-electron chi connectivity index (χ1n) is 10.5. The number of hydrogen-bond acceptors (Lipinski definition) is 6. The van der Waals surface area contributed by atoms with Crippen molar-refractivity contribution in [2.24, 2.45) is 0 Å². The molecule has 158 valence electrons. The Labute approximate surface area is 163 Å². The first kappa shape index (κ1) is 24.2. The van der Waals surface area contributed by atoms with Crippen molar-refractivity contribution in [2.75, 3.05) is 6.61 Å². The van der Waals surface area contributed by atoms with Crippen molar-refractivity contribution < 1.29 is 30.0 Å². The van der Waals surface area contributed by atoms with Gasteiger partial charge in [-0.25, -0.2) is 0 Å².